The number of ether oxygens (including phenoxy) is 1. The first kappa shape index (κ1) is 17.2. The third-order valence-electron chi connectivity index (χ3n) is 3.22. The van der Waals surface area contributed by atoms with Crippen LogP contribution in [0.1, 0.15) is 26.5 Å². The van der Waals surface area contributed by atoms with Gasteiger partial charge in [0, 0.05) is 38.1 Å². The first-order chi connectivity index (χ1) is 9.31. The molecule has 1 heterocycles. The molecular weight excluding hydrogens is 278 g/mol. The summed E-state index contributed by atoms with van der Waals surface area (Å²) in [4.78, 5) is 0.239. The summed E-state index contributed by atoms with van der Waals surface area (Å²) in [7, 11) is -1.77. The third kappa shape index (κ3) is 4.31. The summed E-state index contributed by atoms with van der Waals surface area (Å²) in [6.45, 7) is 7.04. The van der Waals surface area contributed by atoms with Crippen LogP contribution in [0.25, 0.3) is 0 Å². The van der Waals surface area contributed by atoms with Crippen molar-refractivity contribution in [2.24, 2.45) is 18.7 Å². The lowest BCUT2D eigenvalue weighted by atomic mass is 10.1. The summed E-state index contributed by atoms with van der Waals surface area (Å²) in [6.07, 6.45) is 1.57. The van der Waals surface area contributed by atoms with Gasteiger partial charge in [-0.25, -0.2) is 13.1 Å². The predicted octanol–water partition coefficient (Wildman–Crippen LogP) is 0.823. The van der Waals surface area contributed by atoms with E-state index < -0.39 is 10.0 Å². The number of nitrogens with one attached hydrogen (secondary N) is 1. The second-order valence-electron chi connectivity index (χ2n) is 5.11. The fourth-order valence-corrected chi connectivity index (χ4v) is 3.26. The molecule has 1 rings (SSSR count). The highest BCUT2D eigenvalue weighted by atomic mass is 32.2. The van der Waals surface area contributed by atoms with Crippen molar-refractivity contribution in [3.05, 3.63) is 18.0 Å². The zero-order chi connectivity index (χ0) is 15.3. The van der Waals surface area contributed by atoms with Crippen molar-refractivity contribution >= 4 is 10.0 Å². The van der Waals surface area contributed by atoms with Crippen molar-refractivity contribution in [3.8, 4) is 0 Å². The van der Waals surface area contributed by atoms with Crippen LogP contribution in [-0.4, -0.2) is 32.2 Å². The molecule has 116 valence electrons. The maximum absolute atomic E-state index is 12.4. The van der Waals surface area contributed by atoms with Gasteiger partial charge in [-0.1, -0.05) is 13.8 Å². The van der Waals surface area contributed by atoms with Crippen molar-refractivity contribution in [2.45, 2.75) is 38.3 Å². The number of hydrogen-bond acceptors (Lipinski definition) is 4. The molecule has 1 aromatic heterocycles. The number of aromatic nitrogens is 1. The molecule has 0 aliphatic heterocycles. The van der Waals surface area contributed by atoms with Gasteiger partial charge in [-0.3, -0.25) is 0 Å². The Labute approximate surface area is 121 Å². The second-order valence-corrected chi connectivity index (χ2v) is 6.83. The summed E-state index contributed by atoms with van der Waals surface area (Å²) >= 11 is 0. The number of sulfonamides is 1. The van der Waals surface area contributed by atoms with Gasteiger partial charge in [0.25, 0.3) is 0 Å². The van der Waals surface area contributed by atoms with E-state index in [9.17, 15) is 8.42 Å². The molecule has 0 bridgehead atoms. The second kappa shape index (κ2) is 7.21. The van der Waals surface area contributed by atoms with Gasteiger partial charge in [0.1, 0.15) is 0 Å². The monoisotopic (exact) mass is 303 g/mol. The van der Waals surface area contributed by atoms with Crippen LogP contribution in [0.15, 0.2) is 17.2 Å². The van der Waals surface area contributed by atoms with E-state index in [1.165, 1.54) is 0 Å². The Morgan fingerprint density at radius 1 is 1.45 bits per heavy atom. The lowest BCUT2D eigenvalue weighted by Gasteiger charge is -2.21. The molecule has 20 heavy (non-hydrogen) atoms. The molecule has 1 aromatic rings. The molecule has 3 N–H and O–H groups in total. The Bertz CT molecular complexity index is 523. The molecule has 0 aliphatic carbocycles. The summed E-state index contributed by atoms with van der Waals surface area (Å²) in [6, 6.07) is 1.35. The summed E-state index contributed by atoms with van der Waals surface area (Å²) in [5, 5.41) is 0. The molecule has 6 nitrogen and oxygen atoms in total. The minimum absolute atomic E-state index is 0.147. The highest BCUT2D eigenvalue weighted by Gasteiger charge is 2.24. The molecule has 0 saturated carbocycles. The van der Waals surface area contributed by atoms with E-state index in [0.29, 0.717) is 19.8 Å². The molecule has 0 radical (unpaired) electrons. The molecule has 7 heteroatoms. The Morgan fingerprint density at radius 2 is 2.10 bits per heavy atom. The third-order valence-corrected chi connectivity index (χ3v) is 4.67. The van der Waals surface area contributed by atoms with Crippen LogP contribution in [0.4, 0.5) is 0 Å². The summed E-state index contributed by atoms with van der Waals surface area (Å²) in [5.41, 5.74) is 6.34. The Morgan fingerprint density at radius 3 is 2.55 bits per heavy atom. The molecule has 0 fully saturated rings. The van der Waals surface area contributed by atoms with Crippen molar-refractivity contribution < 1.29 is 13.2 Å². The fraction of sp³-hybridized carbons (Fsp3) is 0.692. The van der Waals surface area contributed by atoms with E-state index in [0.717, 1.165) is 5.69 Å². The van der Waals surface area contributed by atoms with Crippen LogP contribution in [0.5, 0.6) is 0 Å². The smallest absolute Gasteiger partial charge is 0.242 e. The number of nitrogens with two attached hydrogens (primary N) is 1. The van der Waals surface area contributed by atoms with E-state index in [1.54, 1.807) is 23.9 Å². The lowest BCUT2D eigenvalue weighted by molar-refractivity contribution is 0.116. The van der Waals surface area contributed by atoms with E-state index in [4.69, 9.17) is 10.5 Å². The number of rotatable bonds is 8. The molecule has 0 aromatic carbocycles. The van der Waals surface area contributed by atoms with Gasteiger partial charge in [0.05, 0.1) is 11.5 Å². The zero-order valence-corrected chi connectivity index (χ0v) is 13.4. The fourth-order valence-electron chi connectivity index (χ4n) is 1.80. The van der Waals surface area contributed by atoms with Crippen molar-refractivity contribution in [1.29, 1.82) is 0 Å². The van der Waals surface area contributed by atoms with Gasteiger partial charge in [-0.15, -0.1) is 0 Å². The van der Waals surface area contributed by atoms with Gasteiger partial charge in [-0.05, 0) is 18.9 Å². The van der Waals surface area contributed by atoms with Crippen LogP contribution in [-0.2, 0) is 28.4 Å². The van der Waals surface area contributed by atoms with Gasteiger partial charge in [0.2, 0.25) is 10.0 Å². The molecule has 0 spiro atoms. The maximum Gasteiger partial charge on any atom is 0.242 e. The van der Waals surface area contributed by atoms with Crippen molar-refractivity contribution in [1.82, 2.24) is 9.29 Å². The van der Waals surface area contributed by atoms with Crippen molar-refractivity contribution in [2.75, 3.05) is 13.2 Å². The van der Waals surface area contributed by atoms with Gasteiger partial charge in [0.15, 0.2) is 0 Å². The average Bonchev–Trinajstić information content (AvgIpc) is 2.76. The predicted molar refractivity (Wildman–Crippen MR) is 78.7 cm³/mol. The Kier molecular flexibility index (Phi) is 6.19. The average molecular weight is 303 g/mol. The topological polar surface area (TPSA) is 86.3 Å². The van der Waals surface area contributed by atoms with Gasteiger partial charge < -0.3 is 15.0 Å². The van der Waals surface area contributed by atoms with Crippen LogP contribution >= 0.6 is 0 Å². The van der Waals surface area contributed by atoms with Crippen LogP contribution in [0.2, 0.25) is 0 Å². The number of hydrogen-bond donors (Lipinski definition) is 2. The SMILES string of the molecule is CCOCC(NS(=O)(=O)c1cc(CN)n(C)c1)C(C)C. The highest BCUT2D eigenvalue weighted by molar-refractivity contribution is 7.89. The van der Waals surface area contributed by atoms with Gasteiger partial charge >= 0.3 is 0 Å². The Hall–Kier alpha value is -0.890. The number of nitrogens with zero attached hydrogens (tertiary/aromatic N) is 1. The zero-order valence-electron chi connectivity index (χ0n) is 12.6. The number of aryl methyl sites for hydroxylation is 1. The standard InChI is InChI=1S/C13H25N3O3S/c1-5-19-9-13(10(2)3)15-20(17,18)12-6-11(7-14)16(4)8-12/h6,8,10,13,15H,5,7,9,14H2,1-4H3. The highest BCUT2D eigenvalue weighted by Crippen LogP contribution is 2.15. The molecule has 0 aliphatic rings. The largest absolute Gasteiger partial charge is 0.380 e. The van der Waals surface area contributed by atoms with E-state index >= 15 is 0 Å². The van der Waals surface area contributed by atoms with Crippen LogP contribution in [0, 0.1) is 5.92 Å². The van der Waals surface area contributed by atoms with Gasteiger partial charge in [-0.2, -0.15) is 0 Å². The Balaban J connectivity index is 2.91. The van der Waals surface area contributed by atoms with Crippen molar-refractivity contribution in [3.63, 3.8) is 0 Å². The maximum atomic E-state index is 12.4. The molecule has 0 saturated heterocycles. The van der Waals surface area contributed by atoms with E-state index in [2.05, 4.69) is 4.72 Å². The minimum atomic E-state index is -3.55. The first-order valence-electron chi connectivity index (χ1n) is 6.77. The van der Waals surface area contributed by atoms with E-state index in [-0.39, 0.29) is 16.9 Å². The molecular formula is C13H25N3O3S. The lowest BCUT2D eigenvalue weighted by Crippen LogP contribution is -2.41. The minimum Gasteiger partial charge on any atom is -0.380 e. The van der Waals surface area contributed by atoms with E-state index in [1.807, 2.05) is 20.8 Å². The first-order valence-corrected chi connectivity index (χ1v) is 8.25. The molecule has 1 unspecified atom stereocenters. The van der Waals surface area contributed by atoms with Crippen LogP contribution < -0.4 is 10.5 Å². The normalized spacial score (nSPS) is 13.9. The quantitative estimate of drug-likeness (QED) is 0.744. The molecule has 0 amide bonds. The van der Waals surface area contributed by atoms with Crippen LogP contribution in [0.3, 0.4) is 0 Å². The summed E-state index contributed by atoms with van der Waals surface area (Å²) in [5.74, 6) is 0.147. The molecule has 1 atom stereocenters. The summed E-state index contributed by atoms with van der Waals surface area (Å²) < 4.78 is 34.5.